The molecule has 3 rings (SSSR count). The molecular formula is C14H11ClN2O3S. The van der Waals surface area contributed by atoms with Crippen LogP contribution in [0.4, 0.5) is 5.13 Å². The third-order valence-corrected chi connectivity index (χ3v) is 3.87. The van der Waals surface area contributed by atoms with Crippen LogP contribution in [0.3, 0.4) is 0 Å². The number of carbonyl (C=O) groups excluding carboxylic acids is 1. The number of furan rings is 2. The lowest BCUT2D eigenvalue weighted by Crippen LogP contribution is -2.11. The number of rotatable bonds is 5. The molecule has 0 aliphatic rings. The van der Waals surface area contributed by atoms with Crippen LogP contribution in [0.15, 0.2) is 45.6 Å². The maximum Gasteiger partial charge on any atom is 0.227 e. The molecule has 0 spiro atoms. The van der Waals surface area contributed by atoms with Gasteiger partial charge in [-0.25, -0.2) is 4.98 Å². The molecule has 0 saturated carbocycles. The average molecular weight is 323 g/mol. The van der Waals surface area contributed by atoms with Crippen molar-refractivity contribution in [2.24, 2.45) is 0 Å². The van der Waals surface area contributed by atoms with Crippen LogP contribution in [-0.4, -0.2) is 16.8 Å². The Morgan fingerprint density at radius 2 is 1.95 bits per heavy atom. The van der Waals surface area contributed by atoms with E-state index in [2.05, 4.69) is 10.3 Å². The van der Waals surface area contributed by atoms with Crippen LogP contribution in [0.5, 0.6) is 0 Å². The van der Waals surface area contributed by atoms with Gasteiger partial charge in [-0.3, -0.25) is 4.79 Å². The lowest BCUT2D eigenvalue weighted by atomic mass is 10.2. The molecule has 0 bridgehead atoms. The Kier molecular flexibility index (Phi) is 4.08. The number of amides is 1. The van der Waals surface area contributed by atoms with Gasteiger partial charge in [-0.2, -0.15) is 0 Å². The number of carbonyl (C=O) groups is 1. The van der Waals surface area contributed by atoms with Crippen molar-refractivity contribution in [3.63, 3.8) is 0 Å². The number of nitrogens with one attached hydrogen (secondary N) is 1. The third-order valence-electron chi connectivity index (χ3n) is 2.69. The van der Waals surface area contributed by atoms with Crippen LogP contribution in [0.25, 0.3) is 22.1 Å². The number of nitrogens with zero attached hydrogens (tertiary/aromatic N) is 1. The topological polar surface area (TPSA) is 68.3 Å². The van der Waals surface area contributed by atoms with Gasteiger partial charge in [0, 0.05) is 12.3 Å². The average Bonchev–Trinajstić information content (AvgIpc) is 3.20. The van der Waals surface area contributed by atoms with Crippen LogP contribution in [0.1, 0.15) is 6.42 Å². The van der Waals surface area contributed by atoms with Crippen molar-refractivity contribution in [2.45, 2.75) is 6.42 Å². The summed E-state index contributed by atoms with van der Waals surface area (Å²) in [5, 5.41) is 3.22. The molecule has 0 saturated heterocycles. The van der Waals surface area contributed by atoms with Crippen molar-refractivity contribution < 1.29 is 13.6 Å². The lowest BCUT2D eigenvalue weighted by Gasteiger charge is -1.97. The first kappa shape index (κ1) is 13.9. The maximum absolute atomic E-state index is 11.6. The minimum absolute atomic E-state index is 0.171. The molecule has 0 aliphatic carbocycles. The van der Waals surface area contributed by atoms with Gasteiger partial charge in [-0.05, 0) is 24.3 Å². The summed E-state index contributed by atoms with van der Waals surface area (Å²) in [6.45, 7) is 0. The van der Waals surface area contributed by atoms with Gasteiger partial charge in [0.1, 0.15) is 16.3 Å². The van der Waals surface area contributed by atoms with E-state index >= 15 is 0 Å². The van der Waals surface area contributed by atoms with Gasteiger partial charge in [0.05, 0.1) is 12.5 Å². The quantitative estimate of drug-likeness (QED) is 0.714. The molecule has 0 fully saturated rings. The Morgan fingerprint density at radius 1 is 1.24 bits per heavy atom. The number of thiazole rings is 1. The minimum Gasteiger partial charge on any atom is -0.463 e. The second kappa shape index (κ2) is 6.15. The van der Waals surface area contributed by atoms with Gasteiger partial charge in [0.25, 0.3) is 0 Å². The van der Waals surface area contributed by atoms with E-state index in [0.717, 1.165) is 4.88 Å². The van der Waals surface area contributed by atoms with Crippen molar-refractivity contribution in [1.82, 2.24) is 4.98 Å². The first-order chi connectivity index (χ1) is 10.3. The summed E-state index contributed by atoms with van der Waals surface area (Å²) in [4.78, 5) is 16.9. The molecule has 1 N–H and O–H groups in total. The van der Waals surface area contributed by atoms with Crippen LogP contribution < -0.4 is 5.32 Å². The standard InChI is InChI=1S/C14H11ClN2O3S/c15-6-5-11(18)16-14-17-12(9-3-1-7-19-9)13(21-14)10-4-2-8-20-10/h1-4,7-8H,5-6H2,(H,16,17,18). The first-order valence-corrected chi connectivity index (χ1v) is 7.57. The molecule has 1 amide bonds. The minimum atomic E-state index is -0.171. The molecule has 21 heavy (non-hydrogen) atoms. The Balaban J connectivity index is 1.98. The third kappa shape index (κ3) is 3.01. The van der Waals surface area contributed by atoms with E-state index in [0.29, 0.717) is 22.3 Å². The molecular weight excluding hydrogens is 312 g/mol. The molecule has 3 aromatic heterocycles. The monoisotopic (exact) mass is 322 g/mol. The molecule has 5 nitrogen and oxygen atoms in total. The van der Waals surface area contributed by atoms with E-state index in [4.69, 9.17) is 20.4 Å². The number of hydrogen-bond donors (Lipinski definition) is 1. The Bertz CT molecular complexity index is 668. The smallest absolute Gasteiger partial charge is 0.227 e. The molecule has 0 unspecified atom stereocenters. The zero-order chi connectivity index (χ0) is 14.7. The molecule has 0 atom stereocenters. The zero-order valence-corrected chi connectivity index (χ0v) is 12.4. The lowest BCUT2D eigenvalue weighted by molar-refractivity contribution is -0.115. The van der Waals surface area contributed by atoms with Gasteiger partial charge in [-0.15, -0.1) is 11.6 Å². The second-order valence-electron chi connectivity index (χ2n) is 4.14. The predicted octanol–water partition coefficient (Wildman–Crippen LogP) is 4.23. The number of halogens is 1. The van der Waals surface area contributed by atoms with Crippen molar-refractivity contribution in [2.75, 3.05) is 11.2 Å². The fourth-order valence-corrected chi connectivity index (χ4v) is 2.92. The highest BCUT2D eigenvalue weighted by Crippen LogP contribution is 2.39. The summed E-state index contributed by atoms with van der Waals surface area (Å²) in [7, 11) is 0. The van der Waals surface area contributed by atoms with Gasteiger partial charge < -0.3 is 14.2 Å². The highest BCUT2D eigenvalue weighted by atomic mass is 35.5. The number of hydrogen-bond acceptors (Lipinski definition) is 5. The molecule has 3 heterocycles. The zero-order valence-electron chi connectivity index (χ0n) is 10.8. The summed E-state index contributed by atoms with van der Waals surface area (Å²) in [5.74, 6) is 1.40. The van der Waals surface area contributed by atoms with E-state index in [9.17, 15) is 4.79 Å². The highest BCUT2D eigenvalue weighted by molar-refractivity contribution is 7.19. The molecule has 0 aliphatic heterocycles. The molecule has 7 heteroatoms. The van der Waals surface area contributed by atoms with Gasteiger partial charge >= 0.3 is 0 Å². The normalized spacial score (nSPS) is 10.7. The van der Waals surface area contributed by atoms with Crippen LogP contribution in [0.2, 0.25) is 0 Å². The maximum atomic E-state index is 11.6. The SMILES string of the molecule is O=C(CCCl)Nc1nc(-c2ccco2)c(-c2ccco2)s1. The van der Waals surface area contributed by atoms with Crippen LogP contribution >= 0.6 is 22.9 Å². The van der Waals surface area contributed by atoms with Gasteiger partial charge in [0.2, 0.25) is 5.91 Å². The van der Waals surface area contributed by atoms with E-state index in [1.807, 2.05) is 12.1 Å². The van der Waals surface area contributed by atoms with E-state index in [-0.39, 0.29) is 18.2 Å². The van der Waals surface area contributed by atoms with Crippen molar-refractivity contribution in [3.05, 3.63) is 36.8 Å². The predicted molar refractivity (Wildman–Crippen MR) is 81.5 cm³/mol. The van der Waals surface area contributed by atoms with Crippen molar-refractivity contribution in [3.8, 4) is 22.1 Å². The fourth-order valence-electron chi connectivity index (χ4n) is 1.80. The molecule has 0 radical (unpaired) electrons. The fraction of sp³-hybridized carbons (Fsp3) is 0.143. The summed E-state index contributed by atoms with van der Waals surface area (Å²) in [5.41, 5.74) is 0.640. The summed E-state index contributed by atoms with van der Waals surface area (Å²) >= 11 is 6.88. The van der Waals surface area contributed by atoms with Gasteiger partial charge in [-0.1, -0.05) is 11.3 Å². The second-order valence-corrected chi connectivity index (χ2v) is 5.52. The molecule has 108 valence electrons. The van der Waals surface area contributed by atoms with Gasteiger partial charge in [0.15, 0.2) is 10.9 Å². The van der Waals surface area contributed by atoms with E-state index < -0.39 is 0 Å². The van der Waals surface area contributed by atoms with E-state index in [1.165, 1.54) is 11.3 Å². The molecule has 3 aromatic rings. The van der Waals surface area contributed by atoms with Crippen LogP contribution in [0, 0.1) is 0 Å². The van der Waals surface area contributed by atoms with Crippen LogP contribution in [-0.2, 0) is 4.79 Å². The summed E-state index contributed by atoms with van der Waals surface area (Å²) < 4.78 is 10.8. The highest BCUT2D eigenvalue weighted by Gasteiger charge is 2.19. The Labute approximate surface area is 129 Å². The number of anilines is 1. The van der Waals surface area contributed by atoms with E-state index in [1.54, 1.807) is 24.7 Å². The van der Waals surface area contributed by atoms with Crippen molar-refractivity contribution in [1.29, 1.82) is 0 Å². The first-order valence-electron chi connectivity index (χ1n) is 6.22. The largest absolute Gasteiger partial charge is 0.463 e. The number of alkyl halides is 1. The van der Waals surface area contributed by atoms with Crippen molar-refractivity contribution >= 4 is 34.0 Å². The summed E-state index contributed by atoms with van der Waals surface area (Å²) in [6.07, 6.45) is 3.41. The molecule has 0 aromatic carbocycles. The summed E-state index contributed by atoms with van der Waals surface area (Å²) in [6, 6.07) is 7.23. The Hall–Kier alpha value is -2.05. The number of aromatic nitrogens is 1. The Morgan fingerprint density at radius 3 is 2.57 bits per heavy atom.